The van der Waals surface area contributed by atoms with Gasteiger partial charge in [-0.25, -0.2) is 0 Å². The van der Waals surface area contributed by atoms with Crippen LogP contribution in [0.3, 0.4) is 0 Å². The maximum atomic E-state index is 13.0. The molecule has 1 saturated heterocycles. The molecule has 0 radical (unpaired) electrons. The van der Waals surface area contributed by atoms with Crippen LogP contribution in [0.5, 0.6) is 5.75 Å². The van der Waals surface area contributed by atoms with E-state index in [1.54, 1.807) is 0 Å². The van der Waals surface area contributed by atoms with Crippen molar-refractivity contribution in [1.82, 2.24) is 9.80 Å². The quantitative estimate of drug-likeness (QED) is 0.630. The molecule has 2 aromatic carbocycles. The normalized spacial score (nSPS) is 21.8. The van der Waals surface area contributed by atoms with Crippen LogP contribution in [0.2, 0.25) is 0 Å². The van der Waals surface area contributed by atoms with Crippen LogP contribution in [0, 0.1) is 6.92 Å². The molecule has 1 fully saturated rings. The van der Waals surface area contributed by atoms with Crippen molar-refractivity contribution in [2.24, 2.45) is 0 Å². The Balaban J connectivity index is 1.37. The first-order valence-corrected chi connectivity index (χ1v) is 11.4. The van der Waals surface area contributed by atoms with Crippen molar-refractivity contribution < 1.29 is 22.7 Å². The molecule has 4 rings (SSSR count). The van der Waals surface area contributed by atoms with Gasteiger partial charge in [-0.15, -0.1) is 0 Å². The number of aryl methyl sites for hydroxylation is 1. The summed E-state index contributed by atoms with van der Waals surface area (Å²) in [5.74, 6) is 0.696. The Bertz CT molecular complexity index is 985. The molecule has 1 unspecified atom stereocenters. The summed E-state index contributed by atoms with van der Waals surface area (Å²) in [6, 6.07) is 10.1. The molecule has 2 aliphatic rings. The number of alkyl halides is 3. The number of carbonyl (C=O) groups excluding carboxylic acids is 1. The molecule has 0 saturated carbocycles. The van der Waals surface area contributed by atoms with Crippen molar-refractivity contribution in [3.8, 4) is 5.75 Å². The number of aldehydes is 1. The van der Waals surface area contributed by atoms with Crippen molar-refractivity contribution >= 4 is 23.7 Å². The van der Waals surface area contributed by atoms with Crippen LogP contribution in [-0.4, -0.2) is 53.9 Å². The van der Waals surface area contributed by atoms with Crippen LogP contribution in [0.25, 0.3) is 0 Å². The Morgan fingerprint density at radius 1 is 1.22 bits per heavy atom. The van der Waals surface area contributed by atoms with Gasteiger partial charge < -0.3 is 10.1 Å². The molecule has 0 aromatic heterocycles. The number of nitrogens with zero attached hydrogens (tertiary/aromatic N) is 2. The monoisotopic (exact) mass is 465 g/mol. The predicted molar refractivity (Wildman–Crippen MR) is 119 cm³/mol. The second-order valence-electron chi connectivity index (χ2n) is 8.28. The Labute approximate surface area is 189 Å². The smallest absolute Gasteiger partial charge is 0.416 e. The molecule has 2 aromatic rings. The highest BCUT2D eigenvalue weighted by Gasteiger charge is 2.36. The lowest BCUT2D eigenvalue weighted by Gasteiger charge is -2.42. The number of carbonyl (C=O) groups is 1. The van der Waals surface area contributed by atoms with E-state index in [0.717, 1.165) is 55.3 Å². The third-order valence-corrected chi connectivity index (χ3v) is 6.93. The number of hydrogen-bond donors (Lipinski definition) is 1. The summed E-state index contributed by atoms with van der Waals surface area (Å²) < 4.78 is 44.6. The summed E-state index contributed by atoms with van der Waals surface area (Å²) in [4.78, 5) is 15.9. The van der Waals surface area contributed by atoms with Crippen LogP contribution < -0.4 is 10.1 Å². The number of fused-ring (bicyclic) bond motifs is 1. The maximum Gasteiger partial charge on any atom is 0.416 e. The molecule has 2 heterocycles. The van der Waals surface area contributed by atoms with Gasteiger partial charge in [0.1, 0.15) is 17.9 Å². The number of rotatable bonds is 6. The fraction of sp³-hybridized carbons (Fsp3) is 0.435. The molecule has 2 aliphatic heterocycles. The van der Waals surface area contributed by atoms with Crippen LogP contribution >= 0.6 is 11.8 Å². The predicted octanol–water partition coefficient (Wildman–Crippen LogP) is 4.60. The minimum atomic E-state index is -4.33. The minimum Gasteiger partial charge on any atom is -0.486 e. The average Bonchev–Trinajstić information content (AvgIpc) is 3.14. The summed E-state index contributed by atoms with van der Waals surface area (Å²) in [6.07, 6.45) is -3.60. The summed E-state index contributed by atoms with van der Waals surface area (Å²) in [6.45, 7) is 7.48. The molecule has 9 heteroatoms. The number of piperazine rings is 1. The van der Waals surface area contributed by atoms with Gasteiger partial charge in [-0.3, -0.25) is 14.6 Å². The fourth-order valence-electron chi connectivity index (χ4n) is 4.28. The lowest BCUT2D eigenvalue weighted by atomic mass is 10.1. The van der Waals surface area contributed by atoms with Crippen molar-refractivity contribution in [2.75, 3.05) is 31.6 Å². The van der Waals surface area contributed by atoms with E-state index in [1.165, 1.54) is 23.9 Å². The molecule has 2 atom stereocenters. The van der Waals surface area contributed by atoms with Gasteiger partial charge in [0.05, 0.1) is 5.56 Å². The largest absolute Gasteiger partial charge is 0.486 e. The zero-order chi connectivity index (χ0) is 22.9. The number of hydrogen-bond acceptors (Lipinski definition) is 6. The van der Waals surface area contributed by atoms with E-state index in [1.807, 2.05) is 19.1 Å². The van der Waals surface area contributed by atoms with Gasteiger partial charge in [-0.05, 0) is 55.3 Å². The molecular formula is C23H26F3N3O2S. The summed E-state index contributed by atoms with van der Waals surface area (Å²) >= 11 is 1.44. The molecule has 0 aliphatic carbocycles. The van der Waals surface area contributed by atoms with E-state index >= 15 is 0 Å². The molecule has 0 bridgehead atoms. The van der Waals surface area contributed by atoms with Crippen molar-refractivity contribution in [1.29, 1.82) is 0 Å². The van der Waals surface area contributed by atoms with Crippen LogP contribution in [-0.2, 0) is 17.5 Å². The SMILES string of the molecule is Cc1cc(CN2CCN(C3Nc4ccc(C(F)(F)F)cc4S3)[C@H](C)C2)cc(OCC=O)c1. The average molecular weight is 466 g/mol. The van der Waals surface area contributed by atoms with Gasteiger partial charge in [-0.1, -0.05) is 17.8 Å². The van der Waals surface area contributed by atoms with Gasteiger partial charge in [0, 0.05) is 42.8 Å². The zero-order valence-corrected chi connectivity index (χ0v) is 18.8. The summed E-state index contributed by atoms with van der Waals surface area (Å²) in [5.41, 5.74) is 2.28. The summed E-state index contributed by atoms with van der Waals surface area (Å²) in [5, 5.41) is 3.37. The lowest BCUT2D eigenvalue weighted by Crippen LogP contribution is -2.55. The third-order valence-electron chi connectivity index (χ3n) is 5.73. The van der Waals surface area contributed by atoms with E-state index in [-0.39, 0.29) is 18.1 Å². The first-order chi connectivity index (χ1) is 15.2. The Hall–Kier alpha value is -2.23. The molecule has 1 N–H and O–H groups in total. The maximum absolute atomic E-state index is 13.0. The standard InChI is InChI=1S/C23H26F3N3O2S/c1-15-9-17(11-19(10-15)31-8-7-30)14-28-5-6-29(16(2)13-28)22-27-20-4-3-18(23(24,25)26)12-21(20)32-22/h3-4,7,9-12,16,22,27H,5-6,8,13-14H2,1-2H3/t16-,22?/m1/s1. The lowest BCUT2D eigenvalue weighted by molar-refractivity contribution is -0.137. The van der Waals surface area contributed by atoms with Crippen LogP contribution in [0.15, 0.2) is 41.3 Å². The minimum absolute atomic E-state index is 0.0392. The molecular weight excluding hydrogens is 439 g/mol. The van der Waals surface area contributed by atoms with Gasteiger partial charge >= 0.3 is 6.18 Å². The number of thioether (sulfide) groups is 1. The van der Waals surface area contributed by atoms with E-state index < -0.39 is 11.7 Å². The molecule has 172 valence electrons. The van der Waals surface area contributed by atoms with Crippen molar-refractivity contribution in [2.45, 2.75) is 43.0 Å². The second kappa shape index (κ2) is 9.33. The van der Waals surface area contributed by atoms with Crippen LogP contribution in [0.4, 0.5) is 18.9 Å². The Morgan fingerprint density at radius 2 is 2.03 bits per heavy atom. The molecule has 0 amide bonds. The highest BCUT2D eigenvalue weighted by atomic mass is 32.2. The highest BCUT2D eigenvalue weighted by molar-refractivity contribution is 8.00. The van der Waals surface area contributed by atoms with Gasteiger partial charge in [0.25, 0.3) is 0 Å². The number of benzene rings is 2. The van der Waals surface area contributed by atoms with E-state index in [9.17, 15) is 18.0 Å². The second-order valence-corrected chi connectivity index (χ2v) is 9.40. The van der Waals surface area contributed by atoms with Gasteiger partial charge in [0.15, 0.2) is 6.29 Å². The van der Waals surface area contributed by atoms with E-state index in [2.05, 4.69) is 28.1 Å². The first-order valence-electron chi connectivity index (χ1n) is 10.5. The summed E-state index contributed by atoms with van der Waals surface area (Å²) in [7, 11) is 0. The van der Waals surface area contributed by atoms with Crippen molar-refractivity contribution in [3.05, 3.63) is 53.1 Å². The van der Waals surface area contributed by atoms with Gasteiger partial charge in [0.2, 0.25) is 0 Å². The van der Waals surface area contributed by atoms with Crippen LogP contribution in [0.1, 0.15) is 23.6 Å². The molecule has 32 heavy (non-hydrogen) atoms. The number of halogens is 3. The molecule has 0 spiro atoms. The molecule has 5 nitrogen and oxygen atoms in total. The Morgan fingerprint density at radius 3 is 2.75 bits per heavy atom. The zero-order valence-electron chi connectivity index (χ0n) is 18.0. The highest BCUT2D eigenvalue weighted by Crippen LogP contribution is 2.43. The van der Waals surface area contributed by atoms with Gasteiger partial charge in [-0.2, -0.15) is 13.2 Å². The number of anilines is 1. The number of nitrogens with one attached hydrogen (secondary N) is 1. The Kier molecular flexibility index (Phi) is 6.69. The third kappa shape index (κ3) is 5.22. The van der Waals surface area contributed by atoms with E-state index in [0.29, 0.717) is 10.6 Å². The topological polar surface area (TPSA) is 44.8 Å². The number of ether oxygens (including phenoxy) is 1. The van der Waals surface area contributed by atoms with Crippen molar-refractivity contribution in [3.63, 3.8) is 0 Å². The first kappa shape index (κ1) is 22.9. The van der Waals surface area contributed by atoms with E-state index in [4.69, 9.17) is 4.74 Å². The fourth-order valence-corrected chi connectivity index (χ4v) is 5.60.